The largest absolute Gasteiger partial charge is 0.490 e. The van der Waals surface area contributed by atoms with Crippen LogP contribution in [0.4, 0.5) is 19.0 Å². The number of aromatic nitrogens is 1. The van der Waals surface area contributed by atoms with Gasteiger partial charge in [0.1, 0.15) is 11.9 Å². The van der Waals surface area contributed by atoms with E-state index in [1.807, 2.05) is 6.07 Å². The van der Waals surface area contributed by atoms with Crippen molar-refractivity contribution >= 4 is 11.8 Å². The van der Waals surface area contributed by atoms with Gasteiger partial charge in [0.25, 0.3) is 0 Å². The molecule has 1 aromatic carbocycles. The molecular weight excluding hydrogens is 397 g/mol. The van der Waals surface area contributed by atoms with Gasteiger partial charge in [0.15, 0.2) is 0 Å². The molecule has 1 aliphatic carbocycles. The van der Waals surface area contributed by atoms with Crippen molar-refractivity contribution < 1.29 is 23.1 Å². The molecule has 9 heteroatoms. The van der Waals surface area contributed by atoms with Crippen molar-refractivity contribution in [2.24, 2.45) is 0 Å². The lowest BCUT2D eigenvalue weighted by atomic mass is 9.95. The van der Waals surface area contributed by atoms with Crippen LogP contribution in [-0.2, 0) is 37.3 Å². The van der Waals surface area contributed by atoms with E-state index in [1.54, 1.807) is 0 Å². The molecule has 3 N–H and O–H groups in total. The normalized spacial score (nSPS) is 14.6. The number of carboxylic acid groups (broad SMARTS) is 1. The van der Waals surface area contributed by atoms with E-state index in [0.29, 0.717) is 12.1 Å². The number of carbonyl (C=O) groups is 1. The predicted octanol–water partition coefficient (Wildman–Crippen LogP) is 3.68. The van der Waals surface area contributed by atoms with E-state index in [4.69, 9.17) is 14.9 Å². The fourth-order valence-electron chi connectivity index (χ4n) is 3.50. The van der Waals surface area contributed by atoms with E-state index in [0.717, 1.165) is 37.4 Å². The summed E-state index contributed by atoms with van der Waals surface area (Å²) in [6, 6.07) is 10.9. The van der Waals surface area contributed by atoms with E-state index in [2.05, 4.69) is 34.9 Å². The third-order valence-corrected chi connectivity index (χ3v) is 5.03. The summed E-state index contributed by atoms with van der Waals surface area (Å²) in [5.74, 6) is -2.03. The van der Waals surface area contributed by atoms with Crippen LogP contribution in [0.15, 0.2) is 24.3 Å². The zero-order chi connectivity index (χ0) is 21.7. The van der Waals surface area contributed by atoms with Crippen molar-refractivity contribution in [2.45, 2.75) is 51.5 Å². The average Bonchev–Trinajstić information content (AvgIpc) is 3.19. The first-order valence-corrected chi connectivity index (χ1v) is 9.56. The molecule has 0 saturated carbocycles. The number of pyridine rings is 1. The minimum Gasteiger partial charge on any atom is -0.475 e. The molecule has 0 fully saturated rings. The van der Waals surface area contributed by atoms with Crippen molar-refractivity contribution in [3.8, 4) is 6.07 Å². The second kappa shape index (κ2) is 9.13. The van der Waals surface area contributed by atoms with E-state index in [9.17, 15) is 18.4 Å². The predicted molar refractivity (Wildman–Crippen MR) is 104 cm³/mol. The van der Waals surface area contributed by atoms with Gasteiger partial charge in [-0.25, -0.2) is 9.78 Å². The number of nitrogens with zero attached hydrogens (tertiary/aromatic N) is 2. The first-order valence-electron chi connectivity index (χ1n) is 9.56. The average molecular weight is 418 g/mol. The van der Waals surface area contributed by atoms with E-state index in [-0.39, 0.29) is 0 Å². The first kappa shape index (κ1) is 21.6. The monoisotopic (exact) mass is 418 g/mol. The summed E-state index contributed by atoms with van der Waals surface area (Å²) in [5, 5.41) is 23.3. The van der Waals surface area contributed by atoms with Gasteiger partial charge in [-0.2, -0.15) is 18.4 Å². The van der Waals surface area contributed by atoms with Gasteiger partial charge in [-0.1, -0.05) is 18.2 Å². The maximum absolute atomic E-state index is 10.6. The van der Waals surface area contributed by atoms with Crippen LogP contribution in [0.2, 0.25) is 0 Å². The summed E-state index contributed by atoms with van der Waals surface area (Å²) in [6.07, 6.45) is -0.603. The van der Waals surface area contributed by atoms with Crippen LogP contribution < -0.4 is 10.6 Å². The Balaban J connectivity index is 0.000000318. The van der Waals surface area contributed by atoms with E-state index in [1.165, 1.54) is 35.1 Å². The quantitative estimate of drug-likeness (QED) is 0.704. The molecule has 4 rings (SSSR count). The summed E-state index contributed by atoms with van der Waals surface area (Å²) in [5.41, 5.74) is 7.07. The molecule has 0 bridgehead atoms. The summed E-state index contributed by atoms with van der Waals surface area (Å²) in [4.78, 5) is 13.6. The van der Waals surface area contributed by atoms with E-state index >= 15 is 0 Å². The maximum atomic E-state index is 10.6. The number of carboxylic acids is 1. The molecule has 0 unspecified atom stereocenters. The highest BCUT2D eigenvalue weighted by atomic mass is 19.4. The number of alkyl halides is 3. The number of hydrogen-bond donors (Lipinski definition) is 3. The molecule has 0 spiro atoms. The van der Waals surface area contributed by atoms with Gasteiger partial charge < -0.3 is 15.7 Å². The highest BCUT2D eigenvalue weighted by Crippen LogP contribution is 2.25. The molecule has 30 heavy (non-hydrogen) atoms. The number of nitrogens with one attached hydrogen (secondary N) is 2. The number of hydrogen-bond acceptors (Lipinski definition) is 5. The van der Waals surface area contributed by atoms with Gasteiger partial charge in [-0.3, -0.25) is 0 Å². The highest BCUT2D eigenvalue weighted by molar-refractivity contribution is 5.73. The molecule has 2 aromatic rings. The Labute approximate surface area is 171 Å². The van der Waals surface area contributed by atoms with Crippen molar-refractivity contribution in [1.82, 2.24) is 10.3 Å². The number of benzene rings is 1. The van der Waals surface area contributed by atoms with Crippen molar-refractivity contribution in [3.63, 3.8) is 0 Å². The van der Waals surface area contributed by atoms with Crippen molar-refractivity contribution in [1.29, 1.82) is 5.26 Å². The number of anilines is 1. The molecule has 2 aliphatic rings. The Bertz CT molecular complexity index is 983. The molecule has 158 valence electrons. The van der Waals surface area contributed by atoms with Gasteiger partial charge >= 0.3 is 12.1 Å². The molecule has 1 aromatic heterocycles. The number of aliphatic carboxylic acids is 1. The van der Waals surface area contributed by atoms with Crippen molar-refractivity contribution in [3.05, 3.63) is 57.8 Å². The smallest absolute Gasteiger partial charge is 0.475 e. The second-order valence-corrected chi connectivity index (χ2v) is 7.17. The zero-order valence-corrected chi connectivity index (χ0v) is 16.1. The first-order chi connectivity index (χ1) is 14.3. The van der Waals surface area contributed by atoms with Gasteiger partial charge in [0, 0.05) is 25.3 Å². The van der Waals surface area contributed by atoms with Crippen LogP contribution >= 0.6 is 0 Å². The van der Waals surface area contributed by atoms with Crippen molar-refractivity contribution in [2.75, 3.05) is 5.32 Å². The zero-order valence-electron chi connectivity index (χ0n) is 16.1. The van der Waals surface area contributed by atoms with Crippen LogP contribution in [0.3, 0.4) is 0 Å². The fraction of sp³-hybridized carbons (Fsp3) is 0.381. The Kier molecular flexibility index (Phi) is 6.57. The lowest BCUT2D eigenvalue weighted by molar-refractivity contribution is -0.192. The van der Waals surface area contributed by atoms with Crippen LogP contribution in [0, 0.1) is 11.3 Å². The summed E-state index contributed by atoms with van der Waals surface area (Å²) in [6.45, 7) is 2.62. The molecule has 1 aliphatic heterocycles. The Morgan fingerprint density at radius 1 is 1.17 bits per heavy atom. The topological polar surface area (TPSA) is 98.0 Å². The van der Waals surface area contributed by atoms with Gasteiger partial charge in [0.05, 0.1) is 5.56 Å². The number of nitriles is 1. The maximum Gasteiger partial charge on any atom is 0.490 e. The van der Waals surface area contributed by atoms with Crippen LogP contribution in [0.25, 0.3) is 0 Å². The standard InChI is InChI=1S/C19H20N4.C2HF3O2/c20-9-16-8-14-3-1-2-4-18(14)23-19(16)22-10-13-5-6-15-11-21-12-17(15)7-13;3-2(4,5)1(6)7/h5-8,21H,1-4,10-12H2,(H,22,23);(H,6,7). The van der Waals surface area contributed by atoms with Crippen LogP contribution in [0.1, 0.15) is 46.4 Å². The summed E-state index contributed by atoms with van der Waals surface area (Å²) < 4.78 is 31.7. The minimum absolute atomic E-state index is 0.661. The number of aryl methyl sites for hydroxylation is 2. The molecule has 0 amide bonds. The number of fused-ring (bicyclic) bond motifs is 2. The molecule has 2 heterocycles. The lowest BCUT2D eigenvalue weighted by Crippen LogP contribution is -2.21. The lowest BCUT2D eigenvalue weighted by Gasteiger charge is -2.17. The number of halogens is 3. The second-order valence-electron chi connectivity index (χ2n) is 7.17. The SMILES string of the molecule is N#Cc1cc2c(nc1NCc1ccc3c(c1)CNC3)CCCC2.O=C(O)C(F)(F)F. The summed E-state index contributed by atoms with van der Waals surface area (Å²) >= 11 is 0. The Morgan fingerprint density at radius 3 is 2.57 bits per heavy atom. The summed E-state index contributed by atoms with van der Waals surface area (Å²) in [7, 11) is 0. The van der Waals surface area contributed by atoms with E-state index < -0.39 is 12.1 Å². The van der Waals surface area contributed by atoms with Gasteiger partial charge in [-0.05, 0) is 54.0 Å². The third kappa shape index (κ3) is 5.27. The Morgan fingerprint density at radius 2 is 1.87 bits per heavy atom. The van der Waals surface area contributed by atoms with Crippen LogP contribution in [0.5, 0.6) is 0 Å². The number of rotatable bonds is 3. The molecule has 6 nitrogen and oxygen atoms in total. The minimum atomic E-state index is -5.08. The third-order valence-electron chi connectivity index (χ3n) is 5.03. The molecular formula is C21H21F3N4O2. The Hall–Kier alpha value is -3.12. The highest BCUT2D eigenvalue weighted by Gasteiger charge is 2.38. The molecule has 0 atom stereocenters. The van der Waals surface area contributed by atoms with Crippen LogP contribution in [-0.4, -0.2) is 22.2 Å². The fourth-order valence-corrected chi connectivity index (χ4v) is 3.50. The van der Waals surface area contributed by atoms with Gasteiger partial charge in [0.2, 0.25) is 0 Å². The molecule has 0 saturated heterocycles. The molecule has 0 radical (unpaired) electrons. The van der Waals surface area contributed by atoms with Gasteiger partial charge in [-0.15, -0.1) is 0 Å².